The number of hydrogen-bond acceptors (Lipinski definition) is 4. The summed E-state index contributed by atoms with van der Waals surface area (Å²) in [6.07, 6.45) is 2.32. The van der Waals surface area contributed by atoms with Crippen molar-refractivity contribution in [1.82, 2.24) is 9.80 Å². The van der Waals surface area contributed by atoms with E-state index in [1.54, 1.807) is 0 Å². The summed E-state index contributed by atoms with van der Waals surface area (Å²) in [7, 11) is 0. The fourth-order valence-corrected chi connectivity index (χ4v) is 4.22. The number of carbonyl (C=O) groups excluding carboxylic acids is 2. The number of urea groups is 1. The van der Waals surface area contributed by atoms with Crippen LogP contribution >= 0.6 is 0 Å². The van der Waals surface area contributed by atoms with E-state index >= 15 is 0 Å². The zero-order valence-corrected chi connectivity index (χ0v) is 16.5. The van der Waals surface area contributed by atoms with Crippen molar-refractivity contribution in [3.8, 4) is 5.75 Å². The van der Waals surface area contributed by atoms with Gasteiger partial charge in [0.2, 0.25) is 5.91 Å². The van der Waals surface area contributed by atoms with E-state index in [1.807, 2.05) is 39.0 Å². The highest BCUT2D eigenvalue weighted by molar-refractivity contribution is 5.94. The molecule has 0 aliphatic carbocycles. The minimum Gasteiger partial charge on any atom is -0.486 e. The molecule has 0 spiro atoms. The van der Waals surface area contributed by atoms with Gasteiger partial charge in [-0.3, -0.25) is 9.69 Å². The summed E-state index contributed by atoms with van der Waals surface area (Å²) in [5, 5.41) is 0. The second-order valence-electron chi connectivity index (χ2n) is 7.71. The minimum atomic E-state index is 0.0132. The van der Waals surface area contributed by atoms with Crippen molar-refractivity contribution in [3.63, 3.8) is 0 Å². The maximum atomic E-state index is 13.2. The highest BCUT2D eigenvalue weighted by Crippen LogP contribution is 2.35. The summed E-state index contributed by atoms with van der Waals surface area (Å²) in [6, 6.07) is 7.74. The maximum absolute atomic E-state index is 13.2. The summed E-state index contributed by atoms with van der Waals surface area (Å²) >= 11 is 0. The molecule has 1 aromatic rings. The quantitative estimate of drug-likeness (QED) is 0.782. The lowest BCUT2D eigenvalue weighted by Crippen LogP contribution is -2.53. The summed E-state index contributed by atoms with van der Waals surface area (Å²) in [5.41, 5.74) is 0.837. The van der Waals surface area contributed by atoms with Crippen molar-refractivity contribution in [2.24, 2.45) is 5.92 Å². The summed E-state index contributed by atoms with van der Waals surface area (Å²) in [5.74, 6) is 1.01. The molecule has 2 fully saturated rings. The highest BCUT2D eigenvalue weighted by Gasteiger charge is 2.35. The van der Waals surface area contributed by atoms with Crippen LogP contribution in [0.1, 0.15) is 26.2 Å². The van der Waals surface area contributed by atoms with Gasteiger partial charge in [-0.05, 0) is 31.4 Å². The van der Waals surface area contributed by atoms with Crippen molar-refractivity contribution in [1.29, 1.82) is 0 Å². The molecule has 3 amide bonds. The van der Waals surface area contributed by atoms with Crippen molar-refractivity contribution in [2.75, 3.05) is 50.8 Å². The van der Waals surface area contributed by atoms with E-state index in [9.17, 15) is 9.59 Å². The Kier molecular flexibility index (Phi) is 5.71. The molecule has 0 N–H and O–H groups in total. The van der Waals surface area contributed by atoms with Gasteiger partial charge in [-0.25, -0.2) is 4.79 Å². The highest BCUT2D eigenvalue weighted by atomic mass is 16.5. The van der Waals surface area contributed by atoms with Crippen LogP contribution in [0.5, 0.6) is 5.75 Å². The van der Waals surface area contributed by atoms with E-state index in [-0.39, 0.29) is 24.0 Å². The largest absolute Gasteiger partial charge is 0.486 e. The number of hydrogen-bond donors (Lipinski definition) is 0. The van der Waals surface area contributed by atoms with Crippen LogP contribution in [0, 0.1) is 5.92 Å². The van der Waals surface area contributed by atoms with E-state index in [4.69, 9.17) is 9.47 Å². The van der Waals surface area contributed by atoms with Crippen molar-refractivity contribution >= 4 is 17.6 Å². The SMILES string of the molecule is CCC1CN(C(=O)N2CCC(C(=O)N3CCOCC3)CC2)c2ccccc2O1. The van der Waals surface area contributed by atoms with Crippen LogP contribution in [0.25, 0.3) is 0 Å². The maximum Gasteiger partial charge on any atom is 0.324 e. The molecule has 3 heterocycles. The van der Waals surface area contributed by atoms with Crippen LogP contribution in [0.2, 0.25) is 0 Å². The van der Waals surface area contributed by atoms with Gasteiger partial charge in [0.1, 0.15) is 11.9 Å². The van der Waals surface area contributed by atoms with Gasteiger partial charge < -0.3 is 19.3 Å². The summed E-state index contributed by atoms with van der Waals surface area (Å²) in [4.78, 5) is 31.6. The molecule has 4 rings (SSSR count). The monoisotopic (exact) mass is 387 g/mol. The fraction of sp³-hybridized carbons (Fsp3) is 0.619. The number of fused-ring (bicyclic) bond motifs is 1. The second-order valence-corrected chi connectivity index (χ2v) is 7.71. The van der Waals surface area contributed by atoms with Crippen LogP contribution in [-0.4, -0.2) is 73.8 Å². The van der Waals surface area contributed by atoms with Gasteiger partial charge in [0.25, 0.3) is 0 Å². The number of benzene rings is 1. The molecule has 1 atom stereocenters. The Balaban J connectivity index is 1.39. The number of likely N-dealkylation sites (tertiary alicyclic amines) is 1. The molecular formula is C21H29N3O4. The van der Waals surface area contributed by atoms with Crippen LogP contribution in [0.4, 0.5) is 10.5 Å². The first kappa shape index (κ1) is 19.1. The Bertz CT molecular complexity index is 711. The molecule has 0 aromatic heterocycles. The normalized spacial score (nSPS) is 23.2. The first-order chi connectivity index (χ1) is 13.7. The van der Waals surface area contributed by atoms with Gasteiger partial charge in [-0.2, -0.15) is 0 Å². The predicted octanol–water partition coefficient (Wildman–Crippen LogP) is 2.35. The smallest absolute Gasteiger partial charge is 0.324 e. The van der Waals surface area contributed by atoms with E-state index < -0.39 is 0 Å². The Morgan fingerprint density at radius 1 is 1.04 bits per heavy atom. The molecule has 28 heavy (non-hydrogen) atoms. The number of carbonyl (C=O) groups is 2. The van der Waals surface area contributed by atoms with Crippen molar-refractivity contribution < 1.29 is 19.1 Å². The molecule has 0 radical (unpaired) electrons. The number of amides is 3. The van der Waals surface area contributed by atoms with Crippen molar-refractivity contribution in [3.05, 3.63) is 24.3 Å². The average Bonchev–Trinajstić information content (AvgIpc) is 2.78. The molecule has 7 heteroatoms. The van der Waals surface area contributed by atoms with Gasteiger partial charge in [0.05, 0.1) is 25.4 Å². The molecule has 1 unspecified atom stereocenters. The third-order valence-electron chi connectivity index (χ3n) is 5.96. The number of morpholine rings is 1. The van der Waals surface area contributed by atoms with Crippen LogP contribution in [0.15, 0.2) is 24.3 Å². The number of ether oxygens (including phenoxy) is 2. The number of rotatable bonds is 2. The van der Waals surface area contributed by atoms with E-state index in [0.29, 0.717) is 45.9 Å². The topological polar surface area (TPSA) is 62.3 Å². The first-order valence-corrected chi connectivity index (χ1v) is 10.4. The Labute approximate surface area is 166 Å². The van der Waals surface area contributed by atoms with E-state index in [1.165, 1.54) is 0 Å². The fourth-order valence-electron chi connectivity index (χ4n) is 4.22. The van der Waals surface area contributed by atoms with Gasteiger partial charge >= 0.3 is 6.03 Å². The van der Waals surface area contributed by atoms with Crippen LogP contribution in [0.3, 0.4) is 0 Å². The molecule has 3 aliphatic heterocycles. The van der Waals surface area contributed by atoms with Crippen molar-refractivity contribution in [2.45, 2.75) is 32.3 Å². The molecule has 2 saturated heterocycles. The lowest BCUT2D eigenvalue weighted by molar-refractivity contribution is -0.141. The number of anilines is 1. The van der Waals surface area contributed by atoms with Gasteiger partial charge in [-0.1, -0.05) is 19.1 Å². The minimum absolute atomic E-state index is 0.0132. The number of nitrogens with zero attached hydrogens (tertiary/aromatic N) is 3. The van der Waals surface area contributed by atoms with Gasteiger partial charge in [-0.15, -0.1) is 0 Å². The van der Waals surface area contributed by atoms with Gasteiger partial charge in [0.15, 0.2) is 0 Å². The number of para-hydroxylation sites is 2. The van der Waals surface area contributed by atoms with Crippen LogP contribution in [-0.2, 0) is 9.53 Å². The Hall–Kier alpha value is -2.28. The van der Waals surface area contributed by atoms with E-state index in [0.717, 1.165) is 30.7 Å². The molecule has 0 bridgehead atoms. The predicted molar refractivity (Wildman–Crippen MR) is 106 cm³/mol. The van der Waals surface area contributed by atoms with Gasteiger partial charge in [0, 0.05) is 32.1 Å². The molecule has 1 aromatic carbocycles. The summed E-state index contributed by atoms with van der Waals surface area (Å²) in [6.45, 7) is 6.49. The zero-order chi connectivity index (χ0) is 19.5. The zero-order valence-electron chi connectivity index (χ0n) is 16.5. The average molecular weight is 387 g/mol. The molecule has 7 nitrogen and oxygen atoms in total. The summed E-state index contributed by atoms with van der Waals surface area (Å²) < 4.78 is 11.3. The lowest BCUT2D eigenvalue weighted by atomic mass is 9.95. The number of piperidine rings is 1. The standard InChI is InChI=1S/C21H29N3O4/c1-2-17-15-24(18-5-3-4-6-19(18)28-17)21(26)23-9-7-16(8-10-23)20(25)22-11-13-27-14-12-22/h3-6,16-17H,2,7-15H2,1H3. The third-order valence-corrected chi connectivity index (χ3v) is 5.96. The Morgan fingerprint density at radius 2 is 1.75 bits per heavy atom. The molecule has 0 saturated carbocycles. The molecule has 152 valence electrons. The third kappa shape index (κ3) is 3.81. The first-order valence-electron chi connectivity index (χ1n) is 10.4. The van der Waals surface area contributed by atoms with Crippen LogP contribution < -0.4 is 9.64 Å². The second kappa shape index (κ2) is 8.39. The molecule has 3 aliphatic rings. The lowest BCUT2D eigenvalue weighted by Gasteiger charge is -2.40. The molecular weight excluding hydrogens is 358 g/mol. The Morgan fingerprint density at radius 3 is 2.46 bits per heavy atom. The van der Waals surface area contributed by atoms with E-state index in [2.05, 4.69) is 6.92 Å².